The van der Waals surface area contributed by atoms with E-state index in [0.717, 1.165) is 12.8 Å². The third kappa shape index (κ3) is 3.32. The first-order valence-electron chi connectivity index (χ1n) is 4.38. The number of ether oxygens (including phenoxy) is 2. The lowest BCUT2D eigenvalue weighted by molar-refractivity contribution is -0.117. The molecule has 0 aromatic heterocycles. The summed E-state index contributed by atoms with van der Waals surface area (Å²) in [6, 6.07) is 0. The van der Waals surface area contributed by atoms with Crippen LogP contribution in [0.15, 0.2) is 0 Å². The largest absolute Gasteiger partial charge is 0.379 e. The van der Waals surface area contributed by atoms with Gasteiger partial charge in [-0.25, -0.2) is 0 Å². The van der Waals surface area contributed by atoms with Crippen LogP contribution < -0.4 is 0 Å². The van der Waals surface area contributed by atoms with Gasteiger partial charge < -0.3 is 14.3 Å². The second-order valence-corrected chi connectivity index (χ2v) is 3.22. The summed E-state index contributed by atoms with van der Waals surface area (Å²) in [6.45, 7) is 2.29. The van der Waals surface area contributed by atoms with Crippen LogP contribution in [0.3, 0.4) is 0 Å². The number of carbonyl (C=O) groups is 1. The molecule has 0 spiro atoms. The van der Waals surface area contributed by atoms with Gasteiger partial charge in [0, 0.05) is 26.6 Å². The fraction of sp³-hybridized carbons (Fsp3) is 0.889. The first kappa shape index (κ1) is 9.68. The van der Waals surface area contributed by atoms with Gasteiger partial charge in [0.1, 0.15) is 5.78 Å². The zero-order valence-electron chi connectivity index (χ0n) is 7.71. The Morgan fingerprint density at radius 1 is 1.50 bits per heavy atom. The van der Waals surface area contributed by atoms with Gasteiger partial charge >= 0.3 is 0 Å². The summed E-state index contributed by atoms with van der Waals surface area (Å²) in [6.07, 6.45) is 3.08. The minimum atomic E-state index is 0.234. The molecular weight excluding hydrogens is 156 g/mol. The highest BCUT2D eigenvalue weighted by atomic mass is 16.6. The molecule has 1 rings (SSSR count). The van der Waals surface area contributed by atoms with Crippen LogP contribution >= 0.6 is 0 Å². The molecule has 0 amide bonds. The van der Waals surface area contributed by atoms with Crippen LogP contribution in [0.25, 0.3) is 0 Å². The molecule has 1 aliphatic rings. The summed E-state index contributed by atoms with van der Waals surface area (Å²) < 4.78 is 10.5. The van der Waals surface area contributed by atoms with Gasteiger partial charge in [0.15, 0.2) is 0 Å². The van der Waals surface area contributed by atoms with E-state index < -0.39 is 0 Å². The Labute approximate surface area is 73.0 Å². The minimum Gasteiger partial charge on any atom is -0.379 e. The second-order valence-electron chi connectivity index (χ2n) is 3.22. The molecule has 2 atom stereocenters. The molecule has 0 aromatic carbocycles. The Morgan fingerprint density at radius 3 is 2.75 bits per heavy atom. The molecule has 1 saturated carbocycles. The van der Waals surface area contributed by atoms with Crippen molar-refractivity contribution in [3.8, 4) is 0 Å². The van der Waals surface area contributed by atoms with Crippen LogP contribution in [0.2, 0.25) is 0 Å². The average molecular weight is 172 g/mol. The van der Waals surface area contributed by atoms with Crippen LogP contribution in [0, 0.1) is 0 Å². The standard InChI is InChI=1S/C9H16O3/c1-7(10)4-3-5-12-9-6-8(9)11-2/h8-9H,3-6H2,1-2H3. The maximum Gasteiger partial charge on any atom is 0.129 e. The lowest BCUT2D eigenvalue weighted by atomic mass is 10.2. The third-order valence-electron chi connectivity index (χ3n) is 1.98. The minimum absolute atomic E-state index is 0.234. The van der Waals surface area contributed by atoms with Crippen molar-refractivity contribution in [3.05, 3.63) is 0 Å². The average Bonchev–Trinajstić information content (AvgIpc) is 2.76. The van der Waals surface area contributed by atoms with E-state index in [1.807, 2.05) is 0 Å². The Balaban J connectivity index is 1.87. The van der Waals surface area contributed by atoms with Crippen molar-refractivity contribution in [2.24, 2.45) is 0 Å². The summed E-state index contributed by atoms with van der Waals surface area (Å²) in [5, 5.41) is 0. The van der Waals surface area contributed by atoms with Crippen molar-refractivity contribution in [2.75, 3.05) is 13.7 Å². The number of carbonyl (C=O) groups excluding carboxylic acids is 1. The van der Waals surface area contributed by atoms with Gasteiger partial charge in [-0.15, -0.1) is 0 Å². The molecule has 0 N–H and O–H groups in total. The first-order valence-corrected chi connectivity index (χ1v) is 4.38. The van der Waals surface area contributed by atoms with E-state index in [2.05, 4.69) is 0 Å². The molecule has 3 nitrogen and oxygen atoms in total. The predicted molar refractivity (Wildman–Crippen MR) is 45.1 cm³/mol. The second kappa shape index (κ2) is 4.58. The molecule has 0 saturated heterocycles. The van der Waals surface area contributed by atoms with Gasteiger partial charge in [-0.2, -0.15) is 0 Å². The zero-order valence-corrected chi connectivity index (χ0v) is 7.71. The van der Waals surface area contributed by atoms with Crippen molar-refractivity contribution in [2.45, 2.75) is 38.4 Å². The molecule has 3 heteroatoms. The van der Waals surface area contributed by atoms with E-state index in [0.29, 0.717) is 25.2 Å². The van der Waals surface area contributed by atoms with Gasteiger partial charge in [0.25, 0.3) is 0 Å². The van der Waals surface area contributed by atoms with Gasteiger partial charge in [0.2, 0.25) is 0 Å². The zero-order chi connectivity index (χ0) is 8.97. The smallest absolute Gasteiger partial charge is 0.129 e. The Bertz CT molecular complexity index is 156. The van der Waals surface area contributed by atoms with Gasteiger partial charge in [-0.1, -0.05) is 0 Å². The monoisotopic (exact) mass is 172 g/mol. The lowest BCUT2D eigenvalue weighted by Crippen LogP contribution is -2.04. The molecular formula is C9H16O3. The predicted octanol–water partition coefficient (Wildman–Crippen LogP) is 1.16. The number of ketones is 1. The van der Waals surface area contributed by atoms with Crippen LogP contribution in [-0.2, 0) is 14.3 Å². The number of Topliss-reactive ketones (excluding diaryl/α,β-unsaturated/α-hetero) is 1. The molecule has 0 bridgehead atoms. The molecule has 0 aliphatic heterocycles. The molecule has 70 valence electrons. The van der Waals surface area contributed by atoms with Crippen molar-refractivity contribution in [1.82, 2.24) is 0 Å². The molecule has 1 aliphatic carbocycles. The van der Waals surface area contributed by atoms with Crippen LogP contribution in [0.1, 0.15) is 26.2 Å². The molecule has 12 heavy (non-hydrogen) atoms. The summed E-state index contributed by atoms with van der Waals surface area (Å²) in [7, 11) is 1.70. The maximum atomic E-state index is 10.5. The van der Waals surface area contributed by atoms with E-state index in [9.17, 15) is 4.79 Å². The van der Waals surface area contributed by atoms with Crippen molar-refractivity contribution < 1.29 is 14.3 Å². The van der Waals surface area contributed by atoms with Crippen LogP contribution in [-0.4, -0.2) is 31.7 Å². The Hall–Kier alpha value is -0.410. The Morgan fingerprint density at radius 2 is 2.25 bits per heavy atom. The summed E-state index contributed by atoms with van der Waals surface area (Å²) in [5.41, 5.74) is 0. The molecule has 0 heterocycles. The normalized spacial score (nSPS) is 27.2. The lowest BCUT2D eigenvalue weighted by Gasteiger charge is -2.00. The van der Waals surface area contributed by atoms with E-state index in [4.69, 9.17) is 9.47 Å². The van der Waals surface area contributed by atoms with Gasteiger partial charge in [0.05, 0.1) is 12.2 Å². The third-order valence-corrected chi connectivity index (χ3v) is 1.98. The topological polar surface area (TPSA) is 35.5 Å². The Kier molecular flexibility index (Phi) is 3.69. The first-order chi connectivity index (χ1) is 5.74. The highest BCUT2D eigenvalue weighted by molar-refractivity contribution is 5.75. The number of hydrogen-bond acceptors (Lipinski definition) is 3. The van der Waals surface area contributed by atoms with E-state index >= 15 is 0 Å². The summed E-state index contributed by atoms with van der Waals surface area (Å²) in [4.78, 5) is 10.5. The fourth-order valence-corrected chi connectivity index (χ4v) is 1.13. The van der Waals surface area contributed by atoms with Gasteiger partial charge in [-0.3, -0.25) is 0 Å². The number of hydrogen-bond donors (Lipinski definition) is 0. The molecule has 1 fully saturated rings. The van der Waals surface area contributed by atoms with E-state index in [-0.39, 0.29) is 5.78 Å². The van der Waals surface area contributed by atoms with Crippen LogP contribution in [0.4, 0.5) is 0 Å². The van der Waals surface area contributed by atoms with E-state index in [1.165, 1.54) is 0 Å². The highest BCUT2D eigenvalue weighted by Crippen LogP contribution is 2.28. The van der Waals surface area contributed by atoms with E-state index in [1.54, 1.807) is 14.0 Å². The molecule has 2 unspecified atom stereocenters. The molecule has 0 aromatic rings. The summed E-state index contributed by atoms with van der Waals surface area (Å²) in [5.74, 6) is 0.234. The number of methoxy groups -OCH3 is 1. The summed E-state index contributed by atoms with van der Waals surface area (Å²) >= 11 is 0. The van der Waals surface area contributed by atoms with Crippen molar-refractivity contribution >= 4 is 5.78 Å². The quantitative estimate of drug-likeness (QED) is 0.564. The fourth-order valence-electron chi connectivity index (χ4n) is 1.13. The molecule has 0 radical (unpaired) electrons. The number of rotatable bonds is 6. The van der Waals surface area contributed by atoms with Crippen molar-refractivity contribution in [3.63, 3.8) is 0 Å². The van der Waals surface area contributed by atoms with Crippen molar-refractivity contribution in [1.29, 1.82) is 0 Å². The SMILES string of the molecule is COC1CC1OCCCC(C)=O. The highest BCUT2D eigenvalue weighted by Gasteiger charge is 2.38. The van der Waals surface area contributed by atoms with Crippen LogP contribution in [0.5, 0.6) is 0 Å². The van der Waals surface area contributed by atoms with Gasteiger partial charge in [-0.05, 0) is 13.3 Å². The maximum absolute atomic E-state index is 10.5.